The normalized spacial score (nSPS) is 18.1. The van der Waals surface area contributed by atoms with Gasteiger partial charge in [-0.2, -0.15) is 0 Å². The lowest BCUT2D eigenvalue weighted by molar-refractivity contribution is -0.140. The number of ether oxygens (including phenoxy) is 3. The van der Waals surface area contributed by atoms with Gasteiger partial charge in [-0.05, 0) is 36.0 Å². The van der Waals surface area contributed by atoms with Crippen LogP contribution in [0.2, 0.25) is 0 Å². The van der Waals surface area contributed by atoms with Crippen LogP contribution in [-0.2, 0) is 14.3 Å². The Morgan fingerprint density at radius 2 is 2.13 bits per heavy atom. The molecule has 0 bridgehead atoms. The number of rotatable bonds is 3. The maximum Gasteiger partial charge on any atom is 0.325 e. The Kier molecular flexibility index (Phi) is 3.91. The molecule has 1 saturated heterocycles. The van der Waals surface area contributed by atoms with Crippen LogP contribution in [0, 0.1) is 0 Å². The number of methoxy groups -OCH3 is 1. The van der Waals surface area contributed by atoms with Crippen molar-refractivity contribution in [1.82, 2.24) is 9.80 Å². The molecule has 23 heavy (non-hydrogen) atoms. The molecule has 0 spiro atoms. The van der Waals surface area contributed by atoms with E-state index in [0.717, 1.165) is 5.56 Å². The van der Waals surface area contributed by atoms with Gasteiger partial charge in [0.15, 0.2) is 16.6 Å². The first-order chi connectivity index (χ1) is 11.0. The summed E-state index contributed by atoms with van der Waals surface area (Å²) in [7, 11) is 2.85. The Balaban J connectivity index is 1.95. The van der Waals surface area contributed by atoms with Crippen LogP contribution in [0.4, 0.5) is 0 Å². The minimum atomic E-state index is -0.480. The lowest BCUT2D eigenvalue weighted by Gasteiger charge is -2.16. The Bertz CT molecular complexity index is 731. The first-order valence-electron chi connectivity index (χ1n) is 6.79. The fourth-order valence-corrected chi connectivity index (χ4v) is 2.55. The number of carbonyl (C=O) groups is 2. The number of amides is 1. The third-order valence-electron chi connectivity index (χ3n) is 3.55. The number of hydrogen-bond acceptors (Lipinski definition) is 6. The SMILES string of the molecule is COC(=O)CN1C(=S)N(C)C(=O)/C1=C/c1ccc2c(c1)OCO2. The summed E-state index contributed by atoms with van der Waals surface area (Å²) in [5, 5.41) is 0.257. The van der Waals surface area contributed by atoms with Crippen molar-refractivity contribution in [3.63, 3.8) is 0 Å². The van der Waals surface area contributed by atoms with Gasteiger partial charge in [0.05, 0.1) is 7.11 Å². The van der Waals surface area contributed by atoms with Gasteiger partial charge in [-0.25, -0.2) is 0 Å². The van der Waals surface area contributed by atoms with Crippen molar-refractivity contribution in [3.8, 4) is 11.5 Å². The maximum absolute atomic E-state index is 12.4. The first kappa shape index (κ1) is 15.3. The molecule has 0 saturated carbocycles. The van der Waals surface area contributed by atoms with Gasteiger partial charge in [-0.3, -0.25) is 14.5 Å². The summed E-state index contributed by atoms with van der Waals surface area (Å²) in [5.74, 6) is 0.507. The molecule has 0 atom stereocenters. The van der Waals surface area contributed by atoms with Gasteiger partial charge < -0.3 is 19.1 Å². The van der Waals surface area contributed by atoms with Crippen molar-refractivity contribution < 1.29 is 23.8 Å². The summed E-state index contributed by atoms with van der Waals surface area (Å²) < 4.78 is 15.2. The maximum atomic E-state index is 12.4. The standard InChI is InChI=1S/C15H14N2O5S/c1-16-14(19)10(17(15(16)23)7-13(18)20-2)5-9-3-4-11-12(6-9)22-8-21-11/h3-6H,7-8H2,1-2H3/b10-5-. The van der Waals surface area contributed by atoms with Crippen LogP contribution >= 0.6 is 12.2 Å². The molecule has 1 aromatic rings. The van der Waals surface area contributed by atoms with E-state index in [4.69, 9.17) is 21.7 Å². The van der Waals surface area contributed by atoms with Crippen LogP contribution in [0.25, 0.3) is 6.08 Å². The topological polar surface area (TPSA) is 68.3 Å². The molecule has 2 heterocycles. The van der Waals surface area contributed by atoms with Gasteiger partial charge in [0.1, 0.15) is 12.2 Å². The van der Waals surface area contributed by atoms with E-state index in [0.29, 0.717) is 17.2 Å². The van der Waals surface area contributed by atoms with Crippen molar-refractivity contribution in [2.75, 3.05) is 27.5 Å². The second-order valence-electron chi connectivity index (χ2n) is 4.95. The molecule has 7 nitrogen and oxygen atoms in total. The highest BCUT2D eigenvalue weighted by Crippen LogP contribution is 2.33. The predicted octanol–water partition coefficient (Wildman–Crippen LogP) is 0.988. The second-order valence-corrected chi connectivity index (χ2v) is 5.32. The lowest BCUT2D eigenvalue weighted by atomic mass is 10.1. The van der Waals surface area contributed by atoms with Gasteiger partial charge >= 0.3 is 5.97 Å². The van der Waals surface area contributed by atoms with Crippen molar-refractivity contribution >= 4 is 35.3 Å². The highest BCUT2D eigenvalue weighted by molar-refractivity contribution is 7.80. The van der Waals surface area contributed by atoms with E-state index >= 15 is 0 Å². The van der Waals surface area contributed by atoms with Crippen molar-refractivity contribution in [2.24, 2.45) is 0 Å². The van der Waals surface area contributed by atoms with E-state index in [1.165, 1.54) is 16.9 Å². The zero-order valence-electron chi connectivity index (χ0n) is 12.6. The molecule has 120 valence electrons. The fourth-order valence-electron chi connectivity index (χ4n) is 2.31. The molecule has 1 amide bonds. The number of carbonyl (C=O) groups excluding carboxylic acids is 2. The molecular weight excluding hydrogens is 320 g/mol. The van der Waals surface area contributed by atoms with Crippen LogP contribution in [0.1, 0.15) is 5.56 Å². The van der Waals surface area contributed by atoms with E-state index in [9.17, 15) is 9.59 Å². The molecule has 3 rings (SSSR count). The van der Waals surface area contributed by atoms with Crippen molar-refractivity contribution in [3.05, 3.63) is 29.5 Å². The molecular formula is C15H14N2O5S. The molecule has 2 aliphatic heterocycles. The van der Waals surface area contributed by atoms with E-state index in [1.807, 2.05) is 0 Å². The largest absolute Gasteiger partial charge is 0.468 e. The Hall–Kier alpha value is -2.61. The molecule has 0 N–H and O–H groups in total. The van der Waals surface area contributed by atoms with Crippen LogP contribution in [-0.4, -0.2) is 54.3 Å². The fraction of sp³-hybridized carbons (Fsp3) is 0.267. The minimum absolute atomic E-state index is 0.123. The van der Waals surface area contributed by atoms with Gasteiger partial charge in [0.25, 0.3) is 5.91 Å². The van der Waals surface area contributed by atoms with Gasteiger partial charge in [-0.1, -0.05) is 6.07 Å². The van der Waals surface area contributed by atoms with Crippen LogP contribution in [0.3, 0.4) is 0 Å². The lowest BCUT2D eigenvalue weighted by Crippen LogP contribution is -2.33. The van der Waals surface area contributed by atoms with Crippen LogP contribution < -0.4 is 9.47 Å². The molecule has 1 aromatic carbocycles. The predicted molar refractivity (Wildman–Crippen MR) is 84.6 cm³/mol. The Labute approximate surface area is 138 Å². The quantitative estimate of drug-likeness (QED) is 0.464. The third-order valence-corrected chi connectivity index (χ3v) is 4.04. The van der Waals surface area contributed by atoms with Crippen LogP contribution in [0.15, 0.2) is 23.9 Å². The number of esters is 1. The Morgan fingerprint density at radius 1 is 1.39 bits per heavy atom. The molecule has 2 aliphatic rings. The molecule has 0 radical (unpaired) electrons. The average molecular weight is 334 g/mol. The average Bonchev–Trinajstić information content (AvgIpc) is 3.09. The number of thiocarbonyl (C=S) groups is 1. The van der Waals surface area contributed by atoms with E-state index in [-0.39, 0.29) is 24.4 Å². The second kappa shape index (κ2) is 5.88. The zero-order chi connectivity index (χ0) is 16.6. The smallest absolute Gasteiger partial charge is 0.325 e. The van der Waals surface area contributed by atoms with Gasteiger partial charge in [-0.15, -0.1) is 0 Å². The molecule has 1 fully saturated rings. The zero-order valence-corrected chi connectivity index (χ0v) is 13.4. The number of fused-ring (bicyclic) bond motifs is 1. The van der Waals surface area contributed by atoms with Crippen LogP contribution in [0.5, 0.6) is 11.5 Å². The number of nitrogens with zero attached hydrogens (tertiary/aromatic N) is 2. The highest BCUT2D eigenvalue weighted by atomic mass is 32.1. The first-order valence-corrected chi connectivity index (χ1v) is 7.20. The molecule has 8 heteroatoms. The highest BCUT2D eigenvalue weighted by Gasteiger charge is 2.36. The number of hydrogen-bond donors (Lipinski definition) is 0. The van der Waals surface area contributed by atoms with Gasteiger partial charge in [0.2, 0.25) is 6.79 Å². The van der Waals surface area contributed by atoms with E-state index in [2.05, 4.69) is 4.74 Å². The summed E-state index contributed by atoms with van der Waals surface area (Å²) in [6.45, 7) is 0.0530. The monoisotopic (exact) mass is 334 g/mol. The van der Waals surface area contributed by atoms with Gasteiger partial charge in [0, 0.05) is 7.05 Å². The summed E-state index contributed by atoms with van der Waals surface area (Å²) in [5.41, 5.74) is 1.05. The number of likely N-dealkylation sites (N-methyl/N-ethyl adjacent to an activating group) is 1. The minimum Gasteiger partial charge on any atom is -0.468 e. The summed E-state index contributed by atoms with van der Waals surface area (Å²) >= 11 is 5.22. The summed E-state index contributed by atoms with van der Waals surface area (Å²) in [6.07, 6.45) is 1.66. The Morgan fingerprint density at radius 3 is 2.87 bits per heavy atom. The van der Waals surface area contributed by atoms with E-state index < -0.39 is 5.97 Å². The molecule has 0 aliphatic carbocycles. The summed E-state index contributed by atoms with van der Waals surface area (Å²) in [6, 6.07) is 5.33. The number of benzene rings is 1. The molecule has 0 aromatic heterocycles. The van der Waals surface area contributed by atoms with E-state index in [1.54, 1.807) is 31.3 Å². The third kappa shape index (κ3) is 2.72. The van der Waals surface area contributed by atoms with Crippen molar-refractivity contribution in [1.29, 1.82) is 0 Å². The summed E-state index contributed by atoms with van der Waals surface area (Å²) in [4.78, 5) is 26.7. The van der Waals surface area contributed by atoms with Crippen molar-refractivity contribution in [2.45, 2.75) is 0 Å². The molecule has 0 unspecified atom stereocenters.